The Balaban J connectivity index is 1.24. The Morgan fingerprint density at radius 1 is 0.746 bits per heavy atom. The van der Waals surface area contributed by atoms with Gasteiger partial charge < -0.3 is 38.1 Å². The van der Waals surface area contributed by atoms with Crippen LogP contribution in [0.25, 0.3) is 0 Å². The maximum absolute atomic E-state index is 15.2. The average Bonchev–Trinajstić information content (AvgIpc) is 3.65. The number of hydrogen-bond donors (Lipinski definition) is 0. The smallest absolute Gasteiger partial charge is 0.338 e. The summed E-state index contributed by atoms with van der Waals surface area (Å²) in [5, 5.41) is 0. The van der Waals surface area contributed by atoms with Crippen LogP contribution in [0.15, 0.2) is 96.1 Å². The molecule has 2 bridgehead atoms. The van der Waals surface area contributed by atoms with E-state index in [1.807, 2.05) is 38.7 Å². The molecule has 67 heavy (non-hydrogen) atoms. The molecule has 0 unspecified atom stereocenters. The Bertz CT molecular complexity index is 2420. The van der Waals surface area contributed by atoms with Crippen molar-refractivity contribution < 1.29 is 61.9 Å². The summed E-state index contributed by atoms with van der Waals surface area (Å²) < 4.78 is 44.1. The molecule has 12 atom stereocenters. The molecule has 4 fully saturated rings. The normalized spacial score (nSPS) is 31.6. The van der Waals surface area contributed by atoms with Crippen LogP contribution < -0.4 is 9.47 Å². The van der Waals surface area contributed by atoms with Gasteiger partial charge in [-0.3, -0.25) is 28.9 Å². The van der Waals surface area contributed by atoms with Crippen molar-refractivity contribution in [3.05, 3.63) is 107 Å². The maximum Gasteiger partial charge on any atom is 0.338 e. The topological polar surface area (TPSA) is 174 Å². The molecule has 2 heterocycles. The average molecular weight is 921 g/mol. The predicted molar refractivity (Wildman–Crippen MR) is 241 cm³/mol. The summed E-state index contributed by atoms with van der Waals surface area (Å²) in [6.45, 7) is 13.7. The molecule has 8 rings (SSSR count). The molecule has 2 amide bonds. The Morgan fingerprint density at radius 3 is 1.96 bits per heavy atom. The third-order valence-electron chi connectivity index (χ3n) is 15.0. The highest BCUT2D eigenvalue weighted by Crippen LogP contribution is 2.63. The van der Waals surface area contributed by atoms with Crippen LogP contribution in [0.2, 0.25) is 0 Å². The molecule has 2 saturated carbocycles. The minimum absolute atomic E-state index is 0.0662. The van der Waals surface area contributed by atoms with Gasteiger partial charge in [0.1, 0.15) is 35.9 Å². The molecule has 15 heteroatoms. The molecule has 15 nitrogen and oxygen atoms in total. The third-order valence-corrected chi connectivity index (χ3v) is 15.0. The lowest BCUT2D eigenvalue weighted by Crippen LogP contribution is -2.72. The van der Waals surface area contributed by atoms with Crippen LogP contribution in [0, 0.1) is 28.6 Å². The summed E-state index contributed by atoms with van der Waals surface area (Å²) in [6, 6.07) is 23.2. The van der Waals surface area contributed by atoms with Gasteiger partial charge in [-0.1, -0.05) is 69.3 Å². The predicted octanol–water partition coefficient (Wildman–Crippen LogP) is 6.99. The fourth-order valence-corrected chi connectivity index (χ4v) is 12.1. The van der Waals surface area contributed by atoms with Gasteiger partial charge in [0.25, 0.3) is 12.3 Å². The summed E-state index contributed by atoms with van der Waals surface area (Å²) in [4.78, 5) is 85.8. The SMILES string of the molecule is COc1ccc(O[C@@H]2O[C@@H](C(=O)O[C@H]3C[C@H]4[C@@H](OC(C)=O)[C@@H]5[C@@H]6CN(C(C)=O)[C@@H]6CC[C@@]5(C)[C@@H](OC(C)=O)[C@H](OC(C)=O)C(=C3C)C4(C)C)[C@H](c3ccccc3)N2C(=O)c2ccccc2)cc1. The van der Waals surface area contributed by atoms with E-state index in [2.05, 4.69) is 0 Å². The Morgan fingerprint density at radius 2 is 1.36 bits per heavy atom. The highest BCUT2D eigenvalue weighted by atomic mass is 16.7. The molecule has 2 saturated heterocycles. The summed E-state index contributed by atoms with van der Waals surface area (Å²) in [6.07, 6.45) is -5.60. The van der Waals surface area contributed by atoms with Gasteiger partial charge in [-0.05, 0) is 84.7 Å². The third kappa shape index (κ3) is 8.66. The standard InChI is InChI=1S/C52H60N2O13/c1-28-40(66-49(60)46-43(33-16-12-10-13-17-33)54(48(59)34-18-14-11-15-19-34)50(67-46)65-36-22-20-35(61-9)21-23-36)26-38-44(62-30(3)56)42-37-27-53(29(2)55)39(37)24-25-52(42,8)47(64-32(5)58)45(63-31(4)57)41(28)51(38,6)7/h10-23,37-40,42-47,50H,24-27H2,1-9H3/t37-,38+,39-,40+,42+,43+,44-,45-,46-,47+,50-,52-/m1/s1. The zero-order chi connectivity index (χ0) is 48.1. The lowest BCUT2D eigenvalue weighted by atomic mass is 9.46. The number of amides is 2. The van der Waals surface area contributed by atoms with E-state index in [1.165, 1.54) is 32.6 Å². The number of rotatable bonds is 10. The van der Waals surface area contributed by atoms with Gasteiger partial charge in [-0.25, -0.2) is 4.79 Å². The van der Waals surface area contributed by atoms with Crippen LogP contribution in [0.4, 0.5) is 0 Å². The fourth-order valence-electron chi connectivity index (χ4n) is 12.1. The highest BCUT2D eigenvalue weighted by Gasteiger charge is 2.68. The second-order valence-corrected chi connectivity index (χ2v) is 19.3. The van der Waals surface area contributed by atoms with E-state index >= 15 is 4.79 Å². The van der Waals surface area contributed by atoms with Crippen molar-refractivity contribution in [2.45, 2.75) is 124 Å². The molecule has 0 radical (unpaired) electrons. The van der Waals surface area contributed by atoms with Gasteiger partial charge in [-0.2, -0.15) is 0 Å². The Kier molecular flexibility index (Phi) is 13.0. The van der Waals surface area contributed by atoms with Crippen molar-refractivity contribution in [1.82, 2.24) is 9.80 Å². The van der Waals surface area contributed by atoms with Crippen molar-refractivity contribution in [1.29, 1.82) is 0 Å². The van der Waals surface area contributed by atoms with E-state index in [1.54, 1.807) is 86.0 Å². The van der Waals surface area contributed by atoms with Gasteiger partial charge in [-0.15, -0.1) is 0 Å². The Labute approximate surface area is 391 Å². The van der Waals surface area contributed by atoms with Crippen molar-refractivity contribution in [3.63, 3.8) is 0 Å². The molecule has 3 aliphatic carbocycles. The van der Waals surface area contributed by atoms with Crippen molar-refractivity contribution in [3.8, 4) is 11.5 Å². The van der Waals surface area contributed by atoms with Crippen molar-refractivity contribution in [2.75, 3.05) is 13.7 Å². The van der Waals surface area contributed by atoms with Gasteiger partial charge in [0.2, 0.25) is 5.91 Å². The zero-order valence-corrected chi connectivity index (χ0v) is 39.5. The van der Waals surface area contributed by atoms with Gasteiger partial charge in [0, 0.05) is 69.0 Å². The molecule has 356 valence electrons. The van der Waals surface area contributed by atoms with E-state index in [-0.39, 0.29) is 24.3 Å². The maximum atomic E-state index is 15.2. The highest BCUT2D eigenvalue weighted by molar-refractivity contribution is 5.95. The summed E-state index contributed by atoms with van der Waals surface area (Å²) in [5.41, 5.74) is 0.253. The van der Waals surface area contributed by atoms with E-state index < -0.39 is 95.4 Å². The van der Waals surface area contributed by atoms with Crippen LogP contribution >= 0.6 is 0 Å². The van der Waals surface area contributed by atoms with E-state index in [9.17, 15) is 24.0 Å². The summed E-state index contributed by atoms with van der Waals surface area (Å²) in [7, 11) is 1.54. The minimum atomic E-state index is -1.42. The molecule has 0 spiro atoms. The van der Waals surface area contributed by atoms with Crippen LogP contribution in [-0.2, 0) is 47.7 Å². The minimum Gasteiger partial charge on any atom is -0.497 e. The number of hydrogen-bond acceptors (Lipinski definition) is 13. The number of esters is 4. The zero-order valence-electron chi connectivity index (χ0n) is 39.5. The summed E-state index contributed by atoms with van der Waals surface area (Å²) >= 11 is 0. The second-order valence-electron chi connectivity index (χ2n) is 19.3. The monoisotopic (exact) mass is 920 g/mol. The fraction of sp³-hybridized carbons (Fsp3) is 0.500. The lowest BCUT2D eigenvalue weighted by molar-refractivity contribution is -0.234. The molecular weight excluding hydrogens is 861 g/mol. The van der Waals surface area contributed by atoms with Crippen LogP contribution in [0.5, 0.6) is 11.5 Å². The van der Waals surface area contributed by atoms with Gasteiger partial charge in [0.05, 0.1) is 7.11 Å². The first kappa shape index (κ1) is 47.3. The number of carbonyl (C=O) groups is 6. The van der Waals surface area contributed by atoms with Crippen molar-refractivity contribution >= 4 is 35.7 Å². The van der Waals surface area contributed by atoms with Crippen LogP contribution in [-0.4, -0.2) is 102 Å². The number of carbonyl (C=O) groups excluding carboxylic acids is 6. The molecule has 0 aromatic heterocycles. The first-order valence-corrected chi connectivity index (χ1v) is 22.9. The number of methoxy groups -OCH3 is 1. The number of nitrogens with zero attached hydrogens (tertiary/aromatic N) is 2. The molecular formula is C52H60N2O13. The first-order valence-electron chi connectivity index (χ1n) is 22.9. The lowest BCUT2D eigenvalue weighted by Gasteiger charge is -2.65. The number of likely N-dealkylation sites (tertiary alicyclic amines) is 1. The van der Waals surface area contributed by atoms with E-state index in [4.69, 9.17) is 33.2 Å². The molecule has 3 aromatic carbocycles. The number of benzene rings is 3. The summed E-state index contributed by atoms with van der Waals surface area (Å²) in [5.74, 6) is -3.31. The molecule has 5 aliphatic rings. The van der Waals surface area contributed by atoms with Gasteiger partial charge in [0.15, 0.2) is 12.2 Å². The number of fused-ring (bicyclic) bond motifs is 5. The van der Waals surface area contributed by atoms with Crippen molar-refractivity contribution in [2.24, 2.45) is 28.6 Å². The molecule has 3 aromatic rings. The number of ether oxygens (including phenoxy) is 7. The van der Waals surface area contributed by atoms with Crippen LogP contribution in [0.1, 0.15) is 96.6 Å². The van der Waals surface area contributed by atoms with Gasteiger partial charge >= 0.3 is 23.9 Å². The molecule has 2 aliphatic heterocycles. The Hall–Kier alpha value is -6.22. The van der Waals surface area contributed by atoms with Crippen LogP contribution in [0.3, 0.4) is 0 Å². The molecule has 0 N–H and O–H groups in total. The quantitative estimate of drug-likeness (QED) is 0.116. The largest absolute Gasteiger partial charge is 0.497 e. The van der Waals surface area contributed by atoms with E-state index in [0.717, 1.165) is 0 Å². The second kappa shape index (κ2) is 18.5. The first-order chi connectivity index (χ1) is 31.8. The van der Waals surface area contributed by atoms with E-state index in [0.29, 0.717) is 53.2 Å².